The monoisotopic (exact) mass is 383 g/mol. The maximum absolute atomic E-state index is 13.2. The van der Waals surface area contributed by atoms with Gasteiger partial charge in [0, 0.05) is 25.7 Å². The molecule has 0 unspecified atom stereocenters. The van der Waals surface area contributed by atoms with Crippen molar-refractivity contribution < 1.29 is 9.59 Å². The van der Waals surface area contributed by atoms with E-state index < -0.39 is 0 Å². The van der Waals surface area contributed by atoms with Gasteiger partial charge in [0.1, 0.15) is 0 Å². The van der Waals surface area contributed by atoms with Gasteiger partial charge in [0.05, 0.1) is 11.3 Å². The van der Waals surface area contributed by atoms with Crippen LogP contribution in [0.1, 0.15) is 73.7 Å². The summed E-state index contributed by atoms with van der Waals surface area (Å²) >= 11 is 0. The van der Waals surface area contributed by atoms with Crippen LogP contribution in [0.3, 0.4) is 0 Å². The zero-order chi connectivity index (χ0) is 19.5. The van der Waals surface area contributed by atoms with Gasteiger partial charge in [-0.1, -0.05) is 31.4 Å². The minimum Gasteiger partial charge on any atom is -0.339 e. The van der Waals surface area contributed by atoms with E-state index in [4.69, 9.17) is 0 Å². The van der Waals surface area contributed by atoms with Crippen LogP contribution in [0, 0.1) is 12.8 Å². The number of likely N-dealkylation sites (tertiary alicyclic amines) is 2. The zero-order valence-electron chi connectivity index (χ0n) is 17.1. The number of nitrogens with zero attached hydrogens (tertiary/aromatic N) is 2. The van der Waals surface area contributed by atoms with Gasteiger partial charge in [-0.05, 0) is 63.0 Å². The van der Waals surface area contributed by atoms with E-state index in [-0.39, 0.29) is 11.9 Å². The number of carbonyl (C=O) groups is 2. The number of anilines is 1. The molecule has 3 amide bonds. The molecule has 28 heavy (non-hydrogen) atoms. The number of amides is 3. The summed E-state index contributed by atoms with van der Waals surface area (Å²) in [5, 5.41) is 3.11. The van der Waals surface area contributed by atoms with Crippen LogP contribution < -0.4 is 5.32 Å². The van der Waals surface area contributed by atoms with Gasteiger partial charge in [0.25, 0.3) is 5.91 Å². The van der Waals surface area contributed by atoms with Crippen molar-refractivity contribution in [1.82, 2.24) is 9.80 Å². The van der Waals surface area contributed by atoms with Crippen molar-refractivity contribution in [3.63, 3.8) is 0 Å². The first-order valence-electron chi connectivity index (χ1n) is 11.1. The van der Waals surface area contributed by atoms with Gasteiger partial charge in [-0.15, -0.1) is 0 Å². The molecule has 4 rings (SSSR count). The Labute approximate surface area is 168 Å². The number of benzene rings is 1. The average Bonchev–Trinajstić information content (AvgIpc) is 3.40. The highest BCUT2D eigenvalue weighted by Crippen LogP contribution is 2.35. The van der Waals surface area contributed by atoms with E-state index in [1.54, 1.807) is 0 Å². The maximum atomic E-state index is 13.2. The third-order valence-electron chi connectivity index (χ3n) is 6.88. The highest BCUT2D eigenvalue weighted by atomic mass is 16.2. The van der Waals surface area contributed by atoms with E-state index in [2.05, 4.69) is 5.32 Å². The predicted octanol–water partition coefficient (Wildman–Crippen LogP) is 4.81. The summed E-state index contributed by atoms with van der Waals surface area (Å²) in [5.74, 6) is 0.696. The summed E-state index contributed by atoms with van der Waals surface area (Å²) in [6.07, 6.45) is 10.8. The second kappa shape index (κ2) is 8.54. The number of hydrogen-bond acceptors (Lipinski definition) is 2. The number of nitrogens with one attached hydrogen (secondary N) is 1. The van der Waals surface area contributed by atoms with Crippen LogP contribution in [0.15, 0.2) is 18.2 Å². The summed E-state index contributed by atoms with van der Waals surface area (Å²) in [4.78, 5) is 30.2. The van der Waals surface area contributed by atoms with Crippen LogP contribution in [0.5, 0.6) is 0 Å². The van der Waals surface area contributed by atoms with Gasteiger partial charge in [-0.3, -0.25) is 4.79 Å². The third-order valence-corrected chi connectivity index (χ3v) is 6.88. The second-order valence-corrected chi connectivity index (χ2v) is 8.73. The Balaban J connectivity index is 1.51. The summed E-state index contributed by atoms with van der Waals surface area (Å²) in [7, 11) is 0. The summed E-state index contributed by atoms with van der Waals surface area (Å²) in [6, 6.07) is 6.09. The number of rotatable bonds is 3. The topological polar surface area (TPSA) is 52.7 Å². The Morgan fingerprint density at radius 3 is 2.43 bits per heavy atom. The molecule has 2 saturated heterocycles. The first kappa shape index (κ1) is 19.3. The van der Waals surface area contributed by atoms with E-state index in [1.165, 1.54) is 32.1 Å². The minimum atomic E-state index is -0.0332. The molecule has 1 saturated carbocycles. The highest BCUT2D eigenvalue weighted by molar-refractivity contribution is 6.04. The summed E-state index contributed by atoms with van der Waals surface area (Å²) < 4.78 is 0. The normalized spacial score (nSPS) is 23.2. The third kappa shape index (κ3) is 3.89. The van der Waals surface area contributed by atoms with Crippen LogP contribution in [-0.2, 0) is 0 Å². The van der Waals surface area contributed by atoms with Crippen molar-refractivity contribution in [3.05, 3.63) is 29.3 Å². The standard InChI is InChI=1S/C23H33N3O2/c1-17-9-7-12-19(21(17)22(27)25-14-5-6-15-25)24-23(28)26-16-8-13-20(26)18-10-3-2-4-11-18/h7,9,12,18,20H,2-6,8,10-11,13-16H2,1H3,(H,24,28)/t20-/m1/s1. The van der Waals surface area contributed by atoms with Gasteiger partial charge in [-0.25, -0.2) is 4.79 Å². The zero-order valence-corrected chi connectivity index (χ0v) is 17.1. The SMILES string of the molecule is Cc1cccc(NC(=O)N2CCC[C@@H]2C2CCCCC2)c1C(=O)N1CCCC1. The molecule has 3 aliphatic rings. The van der Waals surface area contributed by atoms with Gasteiger partial charge < -0.3 is 15.1 Å². The van der Waals surface area contributed by atoms with Crippen LogP contribution in [-0.4, -0.2) is 47.4 Å². The van der Waals surface area contributed by atoms with E-state index in [0.717, 1.165) is 50.9 Å². The Morgan fingerprint density at radius 1 is 0.929 bits per heavy atom. The first-order valence-corrected chi connectivity index (χ1v) is 11.1. The lowest BCUT2D eigenvalue weighted by Crippen LogP contribution is -2.43. The summed E-state index contributed by atoms with van der Waals surface area (Å²) in [6.45, 7) is 4.42. The van der Waals surface area contributed by atoms with Crippen LogP contribution in [0.25, 0.3) is 0 Å². The largest absolute Gasteiger partial charge is 0.339 e. The van der Waals surface area contributed by atoms with E-state index in [1.807, 2.05) is 34.9 Å². The van der Waals surface area contributed by atoms with Crippen LogP contribution >= 0.6 is 0 Å². The molecule has 2 aliphatic heterocycles. The minimum absolute atomic E-state index is 0.0332. The molecule has 1 aromatic carbocycles. The molecule has 5 nitrogen and oxygen atoms in total. The fourth-order valence-electron chi connectivity index (χ4n) is 5.37. The molecule has 3 fully saturated rings. The van der Waals surface area contributed by atoms with Gasteiger partial charge >= 0.3 is 6.03 Å². The van der Waals surface area contributed by atoms with E-state index in [0.29, 0.717) is 23.2 Å². The first-order chi connectivity index (χ1) is 13.6. The van der Waals surface area contributed by atoms with E-state index in [9.17, 15) is 9.59 Å². The fourth-order valence-corrected chi connectivity index (χ4v) is 5.37. The molecule has 0 radical (unpaired) electrons. The number of carbonyl (C=O) groups excluding carboxylic acids is 2. The quantitative estimate of drug-likeness (QED) is 0.814. The maximum Gasteiger partial charge on any atom is 0.322 e. The molecule has 1 aliphatic carbocycles. The molecule has 1 N–H and O–H groups in total. The van der Waals surface area contributed by atoms with Crippen molar-refractivity contribution in [2.75, 3.05) is 25.0 Å². The number of aryl methyl sites for hydroxylation is 1. The van der Waals surface area contributed by atoms with Crippen molar-refractivity contribution in [3.8, 4) is 0 Å². The van der Waals surface area contributed by atoms with Crippen LogP contribution in [0.4, 0.5) is 10.5 Å². The molecular formula is C23H33N3O2. The molecule has 0 bridgehead atoms. The lowest BCUT2D eigenvalue weighted by Gasteiger charge is -2.34. The lowest BCUT2D eigenvalue weighted by atomic mass is 9.83. The van der Waals surface area contributed by atoms with Gasteiger partial charge in [0.2, 0.25) is 0 Å². The van der Waals surface area contributed by atoms with Crippen molar-refractivity contribution >= 4 is 17.6 Å². The molecule has 1 aromatic rings. The van der Waals surface area contributed by atoms with E-state index >= 15 is 0 Å². The molecular weight excluding hydrogens is 350 g/mol. The van der Waals surface area contributed by atoms with Crippen molar-refractivity contribution in [1.29, 1.82) is 0 Å². The molecule has 2 heterocycles. The average molecular weight is 384 g/mol. The second-order valence-electron chi connectivity index (χ2n) is 8.73. The van der Waals surface area contributed by atoms with Gasteiger partial charge in [0.15, 0.2) is 0 Å². The highest BCUT2D eigenvalue weighted by Gasteiger charge is 2.35. The molecule has 5 heteroatoms. The van der Waals surface area contributed by atoms with Crippen molar-refractivity contribution in [2.24, 2.45) is 5.92 Å². The van der Waals surface area contributed by atoms with Crippen molar-refractivity contribution in [2.45, 2.75) is 70.8 Å². The number of urea groups is 1. The Morgan fingerprint density at radius 2 is 1.68 bits per heavy atom. The smallest absolute Gasteiger partial charge is 0.322 e. The number of hydrogen-bond donors (Lipinski definition) is 1. The fraction of sp³-hybridized carbons (Fsp3) is 0.652. The Kier molecular flexibility index (Phi) is 5.88. The predicted molar refractivity (Wildman–Crippen MR) is 112 cm³/mol. The molecule has 1 atom stereocenters. The molecule has 0 aromatic heterocycles. The van der Waals surface area contributed by atoms with Crippen LogP contribution in [0.2, 0.25) is 0 Å². The van der Waals surface area contributed by atoms with Gasteiger partial charge in [-0.2, -0.15) is 0 Å². The molecule has 152 valence electrons. The molecule has 0 spiro atoms. The Bertz CT molecular complexity index is 721. The summed E-state index contributed by atoms with van der Waals surface area (Å²) in [5.41, 5.74) is 2.25. The lowest BCUT2D eigenvalue weighted by molar-refractivity contribution is 0.0793. The Hall–Kier alpha value is -2.04.